The number of fused-ring (bicyclic) bond motifs is 1. The molecule has 3 heterocycles. The van der Waals surface area contributed by atoms with Crippen molar-refractivity contribution >= 4 is 33.2 Å². The molecule has 0 spiro atoms. The van der Waals surface area contributed by atoms with Crippen LogP contribution in [0.25, 0.3) is 5.65 Å². The Balaban J connectivity index is 1.50. The summed E-state index contributed by atoms with van der Waals surface area (Å²) in [6.07, 6.45) is 2.58. The molecule has 1 aliphatic rings. The maximum Gasteiger partial charge on any atom is 0.324 e. The number of carbonyl (C=O) groups is 1. The molecular weight excluding hydrogens is 442 g/mol. The van der Waals surface area contributed by atoms with Crippen LogP contribution in [-0.2, 0) is 26.2 Å². The molecule has 4 rings (SSSR count). The van der Waals surface area contributed by atoms with Gasteiger partial charge >= 0.3 is 5.97 Å². The van der Waals surface area contributed by atoms with Crippen LogP contribution in [0.2, 0.25) is 5.02 Å². The van der Waals surface area contributed by atoms with Gasteiger partial charge in [-0.3, -0.25) is 14.0 Å². The zero-order valence-electron chi connectivity index (χ0n) is 16.7. The predicted molar refractivity (Wildman–Crippen MR) is 114 cm³/mol. The van der Waals surface area contributed by atoms with Gasteiger partial charge in [-0.05, 0) is 55.7 Å². The first-order valence-corrected chi connectivity index (χ1v) is 11.5. The van der Waals surface area contributed by atoms with E-state index in [2.05, 4.69) is 4.98 Å². The lowest BCUT2D eigenvalue weighted by molar-refractivity contribution is -0.148. The van der Waals surface area contributed by atoms with E-state index in [9.17, 15) is 18.0 Å². The standard InChI is InChI=1S/C21H20ClN3O5S/c1-14-4-9-19-23-16(11-20(26)24(19)12-14)13-30-21(27)18-3-2-10-25(18)31(28,29)17-7-5-15(22)6-8-17/h4-9,11-12,18H,2-3,10,13H2,1H3/t18-/m1/s1. The molecule has 8 nitrogen and oxygen atoms in total. The van der Waals surface area contributed by atoms with Crippen LogP contribution in [0.4, 0.5) is 0 Å². The number of carbonyl (C=O) groups excluding carboxylic acids is 1. The first kappa shape index (κ1) is 21.5. The molecule has 0 aliphatic carbocycles. The van der Waals surface area contributed by atoms with E-state index in [1.54, 1.807) is 12.3 Å². The monoisotopic (exact) mass is 461 g/mol. The molecule has 0 unspecified atom stereocenters. The minimum atomic E-state index is -3.87. The Kier molecular flexibility index (Phi) is 5.83. The van der Waals surface area contributed by atoms with Crippen LogP contribution in [0.3, 0.4) is 0 Å². The van der Waals surface area contributed by atoms with Gasteiger partial charge in [0.05, 0.1) is 10.6 Å². The Bertz CT molecular complexity index is 1300. The molecule has 162 valence electrons. The second-order valence-corrected chi connectivity index (χ2v) is 9.68. The van der Waals surface area contributed by atoms with Crippen LogP contribution in [0.5, 0.6) is 0 Å². The highest BCUT2D eigenvalue weighted by Crippen LogP contribution is 2.27. The number of aryl methyl sites for hydroxylation is 1. The second kappa shape index (κ2) is 8.41. The number of benzene rings is 1. The van der Waals surface area contributed by atoms with E-state index < -0.39 is 22.0 Å². The fraction of sp³-hybridized carbons (Fsp3) is 0.286. The van der Waals surface area contributed by atoms with Gasteiger partial charge in [-0.25, -0.2) is 13.4 Å². The van der Waals surface area contributed by atoms with Crippen molar-refractivity contribution < 1.29 is 17.9 Å². The van der Waals surface area contributed by atoms with Gasteiger partial charge in [-0.2, -0.15) is 4.31 Å². The van der Waals surface area contributed by atoms with E-state index in [1.807, 2.05) is 13.0 Å². The summed E-state index contributed by atoms with van der Waals surface area (Å²) in [6, 6.07) is 9.71. The number of hydrogen-bond acceptors (Lipinski definition) is 6. The number of nitrogens with zero attached hydrogens (tertiary/aromatic N) is 3. The number of aromatic nitrogens is 2. The molecule has 10 heteroatoms. The van der Waals surface area contributed by atoms with Gasteiger partial charge in [0.25, 0.3) is 5.56 Å². The van der Waals surface area contributed by atoms with Gasteiger partial charge in [-0.1, -0.05) is 17.7 Å². The zero-order valence-corrected chi connectivity index (χ0v) is 18.3. The minimum Gasteiger partial charge on any atom is -0.458 e. The average Bonchev–Trinajstić information content (AvgIpc) is 3.24. The van der Waals surface area contributed by atoms with E-state index in [4.69, 9.17) is 16.3 Å². The largest absolute Gasteiger partial charge is 0.458 e. The molecule has 0 bridgehead atoms. The zero-order chi connectivity index (χ0) is 22.2. The molecule has 1 fully saturated rings. The van der Waals surface area contributed by atoms with E-state index in [0.29, 0.717) is 29.2 Å². The first-order valence-electron chi connectivity index (χ1n) is 9.69. The maximum atomic E-state index is 13.0. The van der Waals surface area contributed by atoms with Gasteiger partial charge in [0.1, 0.15) is 18.3 Å². The Morgan fingerprint density at radius 3 is 2.71 bits per heavy atom. The van der Waals surface area contributed by atoms with Crippen LogP contribution >= 0.6 is 11.6 Å². The van der Waals surface area contributed by atoms with Crippen LogP contribution in [0.15, 0.2) is 58.4 Å². The predicted octanol–water partition coefficient (Wildman–Crippen LogP) is 2.55. The highest BCUT2D eigenvalue weighted by Gasteiger charge is 2.40. The summed E-state index contributed by atoms with van der Waals surface area (Å²) in [5.41, 5.74) is 1.37. The summed E-state index contributed by atoms with van der Waals surface area (Å²) < 4.78 is 33.9. The van der Waals surface area contributed by atoms with Crippen molar-refractivity contribution in [1.82, 2.24) is 13.7 Å². The molecule has 0 amide bonds. The van der Waals surface area contributed by atoms with Gasteiger partial charge < -0.3 is 4.74 Å². The molecule has 2 aromatic heterocycles. The number of pyridine rings is 1. The summed E-state index contributed by atoms with van der Waals surface area (Å²) in [5.74, 6) is -0.666. The molecule has 3 aromatic rings. The number of halogens is 1. The van der Waals surface area contributed by atoms with Gasteiger partial charge in [-0.15, -0.1) is 0 Å². The lowest BCUT2D eigenvalue weighted by Gasteiger charge is -2.22. The minimum absolute atomic E-state index is 0.0658. The number of sulfonamides is 1. The number of ether oxygens (including phenoxy) is 1. The molecule has 0 radical (unpaired) electrons. The van der Waals surface area contributed by atoms with Gasteiger partial charge in [0.2, 0.25) is 10.0 Å². The van der Waals surface area contributed by atoms with Crippen LogP contribution in [0, 0.1) is 6.92 Å². The molecular formula is C21H20ClN3O5S. The number of hydrogen-bond donors (Lipinski definition) is 0. The molecule has 1 atom stereocenters. The third kappa shape index (κ3) is 4.34. The smallest absolute Gasteiger partial charge is 0.324 e. The summed E-state index contributed by atoms with van der Waals surface area (Å²) >= 11 is 5.84. The summed E-state index contributed by atoms with van der Waals surface area (Å²) in [4.78, 5) is 29.4. The van der Waals surface area contributed by atoms with Crippen molar-refractivity contribution in [1.29, 1.82) is 0 Å². The van der Waals surface area contributed by atoms with Crippen LogP contribution in [0.1, 0.15) is 24.1 Å². The Hall–Kier alpha value is -2.75. The van der Waals surface area contributed by atoms with E-state index in [0.717, 1.165) is 9.87 Å². The van der Waals surface area contributed by atoms with Crippen LogP contribution < -0.4 is 5.56 Å². The van der Waals surface area contributed by atoms with Gasteiger partial charge in [0.15, 0.2) is 0 Å². The molecule has 1 aromatic carbocycles. The summed E-state index contributed by atoms with van der Waals surface area (Å²) in [6.45, 7) is 1.87. The van der Waals surface area contributed by atoms with Crippen LogP contribution in [-0.4, -0.2) is 40.7 Å². The summed E-state index contributed by atoms with van der Waals surface area (Å²) in [5, 5.41) is 0.422. The Labute approximate surface area is 184 Å². The lowest BCUT2D eigenvalue weighted by Crippen LogP contribution is -2.41. The Morgan fingerprint density at radius 2 is 1.97 bits per heavy atom. The summed E-state index contributed by atoms with van der Waals surface area (Å²) in [7, 11) is -3.87. The Morgan fingerprint density at radius 1 is 1.23 bits per heavy atom. The highest BCUT2D eigenvalue weighted by atomic mass is 35.5. The second-order valence-electron chi connectivity index (χ2n) is 7.36. The van der Waals surface area contributed by atoms with Crippen molar-refractivity contribution in [2.24, 2.45) is 0 Å². The first-order chi connectivity index (χ1) is 14.8. The molecule has 1 aliphatic heterocycles. The normalized spacial score (nSPS) is 17.2. The fourth-order valence-corrected chi connectivity index (χ4v) is 5.35. The van der Waals surface area contributed by atoms with Crippen molar-refractivity contribution in [3.05, 3.63) is 75.3 Å². The van der Waals surface area contributed by atoms with Crippen molar-refractivity contribution in [3.63, 3.8) is 0 Å². The maximum absolute atomic E-state index is 13.0. The molecule has 31 heavy (non-hydrogen) atoms. The van der Waals surface area contributed by atoms with Crippen molar-refractivity contribution in [2.75, 3.05) is 6.54 Å². The van der Waals surface area contributed by atoms with Gasteiger partial charge in [0, 0.05) is 23.8 Å². The number of esters is 1. The quantitative estimate of drug-likeness (QED) is 0.541. The van der Waals surface area contributed by atoms with E-state index >= 15 is 0 Å². The molecule has 0 N–H and O–H groups in total. The fourth-order valence-electron chi connectivity index (χ4n) is 3.58. The van der Waals surface area contributed by atoms with Crippen molar-refractivity contribution in [2.45, 2.75) is 37.3 Å². The van der Waals surface area contributed by atoms with E-state index in [-0.39, 0.29) is 23.6 Å². The van der Waals surface area contributed by atoms with Crippen molar-refractivity contribution in [3.8, 4) is 0 Å². The number of rotatable bonds is 5. The van der Waals surface area contributed by atoms with E-state index in [1.165, 1.54) is 34.7 Å². The SMILES string of the molecule is Cc1ccc2nc(COC(=O)[C@H]3CCCN3S(=O)(=O)c3ccc(Cl)cc3)cc(=O)n2c1. The lowest BCUT2D eigenvalue weighted by atomic mass is 10.2. The average molecular weight is 462 g/mol. The topological polar surface area (TPSA) is 98.0 Å². The molecule has 1 saturated heterocycles. The third-order valence-corrected chi connectivity index (χ3v) is 7.29. The highest BCUT2D eigenvalue weighted by molar-refractivity contribution is 7.89. The third-order valence-electron chi connectivity index (χ3n) is 5.12. The molecule has 0 saturated carbocycles.